The molecule has 7 nitrogen and oxygen atoms in total. The summed E-state index contributed by atoms with van der Waals surface area (Å²) in [7, 11) is 0. The summed E-state index contributed by atoms with van der Waals surface area (Å²) >= 11 is 0. The number of H-pyrrole nitrogens is 1. The summed E-state index contributed by atoms with van der Waals surface area (Å²) in [6.07, 6.45) is 0.899. The number of aromatic nitrogens is 1. The lowest BCUT2D eigenvalue weighted by molar-refractivity contribution is -0.125. The smallest absolute Gasteiger partial charge is 0.332 e. The lowest BCUT2D eigenvalue weighted by Gasteiger charge is -2.40. The van der Waals surface area contributed by atoms with E-state index in [2.05, 4.69) is 18.0 Å². The molecule has 7 heteroatoms. The van der Waals surface area contributed by atoms with E-state index in [0.717, 1.165) is 34.1 Å². The summed E-state index contributed by atoms with van der Waals surface area (Å²) in [6, 6.07) is 22.9. The Morgan fingerprint density at radius 2 is 1.71 bits per heavy atom. The highest BCUT2D eigenvalue weighted by molar-refractivity contribution is 6.23. The zero-order valence-electron chi connectivity index (χ0n) is 21.9. The Morgan fingerprint density at radius 1 is 0.947 bits per heavy atom. The number of carbonyl (C=O) groups is 2. The summed E-state index contributed by atoms with van der Waals surface area (Å²) in [5.41, 5.74) is 3.17. The van der Waals surface area contributed by atoms with Crippen LogP contribution in [0.5, 0.6) is 11.5 Å². The molecular weight excluding hydrogens is 478 g/mol. The van der Waals surface area contributed by atoms with Crippen molar-refractivity contribution >= 4 is 28.5 Å². The highest BCUT2D eigenvalue weighted by Gasteiger charge is 2.60. The first-order valence-corrected chi connectivity index (χ1v) is 13.2. The molecule has 3 aromatic carbocycles. The number of nitrogens with one attached hydrogen (secondary N) is 1. The molecule has 2 atom stereocenters. The standard InChI is InChI=1S/C31H31N3O4/c1-4-17-38-25-16-15-20(18-26(25)37-5-2)23-19-33-30(36)34(21-11-7-6-8-12-21)29(35)31(33,3)28-27(23)22-13-9-10-14-24(22)32-28/h6-16,18,23,32H,4-5,17,19H2,1-3H3/t23?,31-/m0/s1. The Balaban J connectivity index is 1.52. The fourth-order valence-electron chi connectivity index (χ4n) is 5.84. The van der Waals surface area contributed by atoms with Crippen molar-refractivity contribution in [2.24, 2.45) is 0 Å². The molecule has 3 amide bonds. The third-order valence-electron chi connectivity index (χ3n) is 7.67. The quantitative estimate of drug-likeness (QED) is 0.302. The van der Waals surface area contributed by atoms with Gasteiger partial charge in [0.05, 0.1) is 24.6 Å². The first-order valence-electron chi connectivity index (χ1n) is 13.2. The first kappa shape index (κ1) is 24.1. The molecule has 1 fully saturated rings. The first-order chi connectivity index (χ1) is 18.5. The van der Waals surface area contributed by atoms with Crippen LogP contribution in [0.4, 0.5) is 10.5 Å². The second kappa shape index (κ2) is 9.24. The third-order valence-corrected chi connectivity index (χ3v) is 7.67. The van der Waals surface area contributed by atoms with Crippen LogP contribution < -0.4 is 14.4 Å². The largest absolute Gasteiger partial charge is 0.490 e. The summed E-state index contributed by atoms with van der Waals surface area (Å²) in [4.78, 5) is 34.5. The number of rotatable bonds is 7. The van der Waals surface area contributed by atoms with Crippen molar-refractivity contribution in [2.75, 3.05) is 24.7 Å². The van der Waals surface area contributed by atoms with Crippen LogP contribution in [-0.4, -0.2) is 41.6 Å². The second-order valence-corrected chi connectivity index (χ2v) is 9.94. The number of fused-ring (bicyclic) bond motifs is 5. The molecule has 2 aliphatic heterocycles. The predicted molar refractivity (Wildman–Crippen MR) is 147 cm³/mol. The molecule has 1 unspecified atom stereocenters. The minimum Gasteiger partial charge on any atom is -0.490 e. The third kappa shape index (κ3) is 3.49. The number of amides is 3. The van der Waals surface area contributed by atoms with Gasteiger partial charge in [0.15, 0.2) is 17.0 Å². The molecule has 6 rings (SSSR count). The van der Waals surface area contributed by atoms with Crippen molar-refractivity contribution in [3.8, 4) is 11.5 Å². The fourth-order valence-corrected chi connectivity index (χ4v) is 5.84. The average Bonchev–Trinajstić information content (AvgIpc) is 3.42. The van der Waals surface area contributed by atoms with Crippen LogP contribution >= 0.6 is 0 Å². The molecule has 0 saturated carbocycles. The normalized spacial score (nSPS) is 20.6. The monoisotopic (exact) mass is 509 g/mol. The molecular formula is C31H31N3O4. The number of para-hydroxylation sites is 2. The van der Waals surface area contributed by atoms with Crippen molar-refractivity contribution in [3.63, 3.8) is 0 Å². The van der Waals surface area contributed by atoms with Gasteiger partial charge in [-0.25, -0.2) is 9.69 Å². The molecule has 1 N–H and O–H groups in total. The molecule has 0 spiro atoms. The number of benzene rings is 3. The van der Waals surface area contributed by atoms with Crippen LogP contribution in [0, 0.1) is 0 Å². The van der Waals surface area contributed by atoms with Gasteiger partial charge in [-0.2, -0.15) is 0 Å². The molecule has 0 bridgehead atoms. The van der Waals surface area contributed by atoms with Crippen molar-refractivity contribution in [1.29, 1.82) is 0 Å². The van der Waals surface area contributed by atoms with Crippen LogP contribution in [0.3, 0.4) is 0 Å². The number of hydrogen-bond acceptors (Lipinski definition) is 4. The van der Waals surface area contributed by atoms with Crippen molar-refractivity contribution < 1.29 is 19.1 Å². The number of hydrogen-bond donors (Lipinski definition) is 1. The second-order valence-electron chi connectivity index (χ2n) is 9.94. The van der Waals surface area contributed by atoms with Gasteiger partial charge in [0.25, 0.3) is 5.91 Å². The Hall–Kier alpha value is -4.26. The van der Waals surface area contributed by atoms with E-state index in [9.17, 15) is 9.59 Å². The molecule has 0 radical (unpaired) electrons. The van der Waals surface area contributed by atoms with E-state index < -0.39 is 5.54 Å². The van der Waals surface area contributed by atoms with E-state index in [1.54, 1.807) is 17.0 Å². The molecule has 3 heterocycles. The van der Waals surface area contributed by atoms with Crippen LogP contribution in [0.25, 0.3) is 10.9 Å². The molecule has 1 aromatic heterocycles. The van der Waals surface area contributed by atoms with Crippen LogP contribution in [0.2, 0.25) is 0 Å². The van der Waals surface area contributed by atoms with E-state index in [0.29, 0.717) is 36.9 Å². The molecule has 38 heavy (non-hydrogen) atoms. The molecule has 194 valence electrons. The number of ether oxygens (including phenoxy) is 2. The SMILES string of the molecule is CCCOc1ccc(C2CN3C(=O)N(c4ccccc4)C(=O)[C@]3(C)c3[nH]c4ccccc4c32)cc1OCC. The summed E-state index contributed by atoms with van der Waals surface area (Å²) in [5.74, 6) is 0.974. The Morgan fingerprint density at radius 3 is 2.47 bits per heavy atom. The molecule has 1 saturated heterocycles. The Labute approximate surface area is 222 Å². The van der Waals surface area contributed by atoms with E-state index in [1.165, 1.54) is 4.90 Å². The maximum atomic E-state index is 14.0. The number of nitrogens with zero attached hydrogens (tertiary/aromatic N) is 2. The van der Waals surface area contributed by atoms with Gasteiger partial charge in [0, 0.05) is 23.4 Å². The number of imide groups is 1. The predicted octanol–water partition coefficient (Wildman–Crippen LogP) is 6.18. The lowest BCUT2D eigenvalue weighted by Crippen LogP contribution is -2.50. The van der Waals surface area contributed by atoms with Gasteiger partial charge < -0.3 is 19.4 Å². The summed E-state index contributed by atoms with van der Waals surface area (Å²) < 4.78 is 11.9. The van der Waals surface area contributed by atoms with Gasteiger partial charge in [0.1, 0.15) is 0 Å². The van der Waals surface area contributed by atoms with Crippen LogP contribution in [-0.2, 0) is 10.3 Å². The summed E-state index contributed by atoms with van der Waals surface area (Å²) in [5, 5.41) is 1.05. The van der Waals surface area contributed by atoms with Gasteiger partial charge in [-0.1, -0.05) is 49.4 Å². The van der Waals surface area contributed by atoms with E-state index in [-0.39, 0.29) is 17.9 Å². The Kier molecular flexibility index (Phi) is 5.86. The lowest BCUT2D eigenvalue weighted by atomic mass is 9.78. The maximum Gasteiger partial charge on any atom is 0.332 e. The number of urea groups is 1. The van der Waals surface area contributed by atoms with Crippen LogP contribution in [0.15, 0.2) is 72.8 Å². The molecule has 0 aliphatic carbocycles. The zero-order valence-corrected chi connectivity index (χ0v) is 21.9. The van der Waals surface area contributed by atoms with E-state index in [4.69, 9.17) is 9.47 Å². The van der Waals surface area contributed by atoms with E-state index >= 15 is 0 Å². The fraction of sp³-hybridized carbons (Fsp3) is 0.290. The molecule has 4 aromatic rings. The maximum absolute atomic E-state index is 14.0. The van der Waals surface area contributed by atoms with Gasteiger partial charge in [0.2, 0.25) is 0 Å². The minimum absolute atomic E-state index is 0.166. The van der Waals surface area contributed by atoms with E-state index in [1.807, 2.05) is 68.4 Å². The molecule has 2 aliphatic rings. The topological polar surface area (TPSA) is 74.9 Å². The Bertz CT molecular complexity index is 1530. The highest BCUT2D eigenvalue weighted by atomic mass is 16.5. The van der Waals surface area contributed by atoms with Gasteiger partial charge >= 0.3 is 6.03 Å². The summed E-state index contributed by atoms with van der Waals surface area (Å²) in [6.45, 7) is 7.35. The van der Waals surface area contributed by atoms with Crippen LogP contribution in [0.1, 0.15) is 49.9 Å². The number of carbonyl (C=O) groups excluding carboxylic acids is 2. The average molecular weight is 510 g/mol. The highest BCUT2D eigenvalue weighted by Crippen LogP contribution is 2.51. The van der Waals surface area contributed by atoms with Crippen molar-refractivity contribution in [3.05, 3.63) is 89.6 Å². The van der Waals surface area contributed by atoms with Gasteiger partial charge in [-0.15, -0.1) is 0 Å². The van der Waals surface area contributed by atoms with Gasteiger partial charge in [-0.05, 0) is 61.7 Å². The van der Waals surface area contributed by atoms with Crippen molar-refractivity contribution in [2.45, 2.75) is 38.6 Å². The van der Waals surface area contributed by atoms with Gasteiger partial charge in [-0.3, -0.25) is 4.79 Å². The zero-order chi connectivity index (χ0) is 26.4. The number of anilines is 1. The van der Waals surface area contributed by atoms with Crippen molar-refractivity contribution in [1.82, 2.24) is 9.88 Å². The number of aromatic amines is 1. The minimum atomic E-state index is -1.15.